The van der Waals surface area contributed by atoms with Gasteiger partial charge in [-0.1, -0.05) is 26.0 Å². The van der Waals surface area contributed by atoms with Crippen molar-refractivity contribution in [3.05, 3.63) is 80.1 Å². The van der Waals surface area contributed by atoms with E-state index >= 15 is 0 Å². The summed E-state index contributed by atoms with van der Waals surface area (Å²) in [4.78, 5) is 26.8. The van der Waals surface area contributed by atoms with Crippen LogP contribution in [-0.2, 0) is 13.1 Å². The Morgan fingerprint density at radius 2 is 1.93 bits per heavy atom. The van der Waals surface area contributed by atoms with Crippen molar-refractivity contribution >= 4 is 11.0 Å². The van der Waals surface area contributed by atoms with E-state index in [4.69, 9.17) is 4.42 Å². The van der Waals surface area contributed by atoms with E-state index in [1.54, 1.807) is 12.1 Å². The van der Waals surface area contributed by atoms with Crippen LogP contribution in [0, 0.1) is 5.92 Å². The number of rotatable bonds is 3. The molecule has 2 aromatic heterocycles. The number of hydrogen-bond donors (Lipinski definition) is 0. The van der Waals surface area contributed by atoms with E-state index in [0.717, 1.165) is 49.2 Å². The molecule has 3 aromatic rings. The number of hydrogen-bond acceptors (Lipinski definition) is 4. The molecule has 0 unspecified atom stereocenters. The third-order valence-electron chi connectivity index (χ3n) is 6.47. The maximum absolute atomic E-state index is 12.2. The van der Waals surface area contributed by atoms with Crippen LogP contribution in [0.4, 0.5) is 0 Å². The van der Waals surface area contributed by atoms with Crippen molar-refractivity contribution in [1.29, 1.82) is 0 Å². The number of pyridine rings is 1. The van der Waals surface area contributed by atoms with Crippen LogP contribution < -0.4 is 11.2 Å². The third kappa shape index (κ3) is 3.33. The summed E-state index contributed by atoms with van der Waals surface area (Å²) in [5.41, 5.74) is 3.90. The summed E-state index contributed by atoms with van der Waals surface area (Å²) in [5.74, 6) is 1.26. The molecule has 2 atom stereocenters. The van der Waals surface area contributed by atoms with Crippen molar-refractivity contribution in [1.82, 2.24) is 9.47 Å². The Balaban J connectivity index is 1.48. The standard InChI is InChI=1S/C24H26N2O3/c1-15(2)17-6-7-22-20(9-17)18(10-24(28)29-22)13-25-11-16-8-19(14-25)21-4-3-5-23(27)26(21)12-16/h3-7,9-10,15-16,19H,8,11-14H2,1-2H3/t16-,19+/m1/s1. The highest BCUT2D eigenvalue weighted by atomic mass is 16.4. The third-order valence-corrected chi connectivity index (χ3v) is 6.47. The van der Waals surface area contributed by atoms with Crippen molar-refractivity contribution in [2.45, 2.75) is 45.2 Å². The van der Waals surface area contributed by atoms with Gasteiger partial charge in [-0.3, -0.25) is 9.69 Å². The lowest BCUT2D eigenvalue weighted by Gasteiger charge is -2.42. The molecule has 1 aromatic carbocycles. The van der Waals surface area contributed by atoms with Crippen molar-refractivity contribution in [2.75, 3.05) is 13.1 Å². The molecule has 2 bridgehead atoms. The monoisotopic (exact) mass is 390 g/mol. The van der Waals surface area contributed by atoms with Crippen molar-refractivity contribution in [2.24, 2.45) is 5.92 Å². The number of nitrogens with zero attached hydrogens (tertiary/aromatic N) is 2. The summed E-state index contributed by atoms with van der Waals surface area (Å²) in [7, 11) is 0. The van der Waals surface area contributed by atoms with Gasteiger partial charge < -0.3 is 8.98 Å². The molecular formula is C24H26N2O3. The molecule has 0 aliphatic carbocycles. The highest BCUT2D eigenvalue weighted by Gasteiger charge is 2.34. The van der Waals surface area contributed by atoms with E-state index in [1.807, 2.05) is 22.8 Å². The average molecular weight is 390 g/mol. The first-order chi connectivity index (χ1) is 14.0. The van der Waals surface area contributed by atoms with Gasteiger partial charge in [-0.15, -0.1) is 0 Å². The maximum Gasteiger partial charge on any atom is 0.336 e. The molecule has 1 saturated heterocycles. The average Bonchev–Trinajstić information content (AvgIpc) is 2.68. The summed E-state index contributed by atoms with van der Waals surface area (Å²) in [5, 5.41) is 1.03. The Morgan fingerprint density at radius 1 is 1.07 bits per heavy atom. The topological polar surface area (TPSA) is 55.5 Å². The van der Waals surface area contributed by atoms with Crippen LogP contribution in [0.3, 0.4) is 0 Å². The summed E-state index contributed by atoms with van der Waals surface area (Å²) in [6.45, 7) is 7.72. The first kappa shape index (κ1) is 18.4. The van der Waals surface area contributed by atoms with Crippen LogP contribution in [0.2, 0.25) is 0 Å². The summed E-state index contributed by atoms with van der Waals surface area (Å²) >= 11 is 0. The first-order valence-corrected chi connectivity index (χ1v) is 10.5. The SMILES string of the molecule is CC(C)c1ccc2oc(=O)cc(CN3C[C@H]4C[C@@H](C3)c3cccc(=O)n3C4)c2c1. The van der Waals surface area contributed by atoms with Crippen LogP contribution in [0.15, 0.2) is 56.5 Å². The van der Waals surface area contributed by atoms with Crippen LogP contribution in [-0.4, -0.2) is 22.6 Å². The molecule has 0 amide bonds. The molecule has 29 heavy (non-hydrogen) atoms. The fourth-order valence-corrected chi connectivity index (χ4v) is 5.10. The fourth-order valence-electron chi connectivity index (χ4n) is 5.10. The van der Waals surface area contributed by atoms with Crippen molar-refractivity contribution < 1.29 is 4.42 Å². The minimum Gasteiger partial charge on any atom is -0.423 e. The Bertz CT molecular complexity index is 1190. The van der Waals surface area contributed by atoms with Gasteiger partial charge in [0.05, 0.1) is 0 Å². The lowest BCUT2D eigenvalue weighted by molar-refractivity contribution is 0.114. The molecular weight excluding hydrogens is 364 g/mol. The normalized spacial score (nSPS) is 21.5. The molecule has 0 spiro atoms. The predicted molar refractivity (Wildman–Crippen MR) is 113 cm³/mol. The molecule has 5 heteroatoms. The molecule has 0 radical (unpaired) electrons. The Labute approximate surface area is 169 Å². The van der Waals surface area contributed by atoms with Crippen molar-refractivity contribution in [3.63, 3.8) is 0 Å². The highest BCUT2D eigenvalue weighted by Crippen LogP contribution is 2.36. The second kappa shape index (κ2) is 6.99. The number of piperidine rings is 1. The summed E-state index contributed by atoms with van der Waals surface area (Å²) in [6, 6.07) is 13.4. The molecule has 0 N–H and O–H groups in total. The summed E-state index contributed by atoms with van der Waals surface area (Å²) in [6.07, 6.45) is 1.13. The first-order valence-electron chi connectivity index (χ1n) is 10.5. The number of likely N-dealkylation sites (tertiary alicyclic amines) is 1. The molecule has 5 rings (SSSR count). The van der Waals surface area contributed by atoms with E-state index in [0.29, 0.717) is 23.3 Å². The lowest BCUT2D eigenvalue weighted by Crippen LogP contribution is -2.46. The Kier molecular flexibility index (Phi) is 4.43. The maximum atomic E-state index is 12.2. The van der Waals surface area contributed by atoms with Crippen LogP contribution in [0.5, 0.6) is 0 Å². The second-order valence-corrected chi connectivity index (χ2v) is 8.89. The lowest BCUT2D eigenvalue weighted by atomic mass is 9.83. The van der Waals surface area contributed by atoms with E-state index in [2.05, 4.69) is 30.9 Å². The predicted octanol–water partition coefficient (Wildman–Crippen LogP) is 3.70. The minimum atomic E-state index is -0.293. The molecule has 0 saturated carbocycles. The van der Waals surface area contributed by atoms with Gasteiger partial charge in [0.25, 0.3) is 5.56 Å². The number of aromatic nitrogens is 1. The molecule has 150 valence electrons. The van der Waals surface area contributed by atoms with Gasteiger partial charge in [0.1, 0.15) is 5.58 Å². The summed E-state index contributed by atoms with van der Waals surface area (Å²) < 4.78 is 7.40. The van der Waals surface area contributed by atoms with Crippen molar-refractivity contribution in [3.8, 4) is 0 Å². The van der Waals surface area contributed by atoms with Gasteiger partial charge in [-0.2, -0.15) is 0 Å². The van der Waals surface area contributed by atoms with Gasteiger partial charge in [-0.25, -0.2) is 4.79 Å². The minimum absolute atomic E-state index is 0.110. The van der Waals surface area contributed by atoms with E-state index in [-0.39, 0.29) is 11.2 Å². The van der Waals surface area contributed by atoms with Crippen LogP contribution in [0.1, 0.15) is 48.9 Å². The fraction of sp³-hybridized carbons (Fsp3) is 0.417. The van der Waals surface area contributed by atoms with Gasteiger partial charge in [0.15, 0.2) is 0 Å². The van der Waals surface area contributed by atoms with Gasteiger partial charge in [0.2, 0.25) is 0 Å². The number of benzene rings is 1. The Hall–Kier alpha value is -2.66. The van der Waals surface area contributed by atoms with E-state index in [9.17, 15) is 9.59 Å². The second-order valence-electron chi connectivity index (χ2n) is 8.89. The quantitative estimate of drug-likeness (QED) is 0.640. The van der Waals surface area contributed by atoms with Gasteiger partial charge in [0, 0.05) is 55.3 Å². The number of fused-ring (bicyclic) bond motifs is 5. The Morgan fingerprint density at radius 3 is 2.76 bits per heavy atom. The smallest absolute Gasteiger partial charge is 0.336 e. The van der Waals surface area contributed by atoms with Crippen LogP contribution in [0.25, 0.3) is 11.0 Å². The largest absolute Gasteiger partial charge is 0.423 e. The zero-order valence-corrected chi connectivity index (χ0v) is 16.9. The highest BCUT2D eigenvalue weighted by molar-refractivity contribution is 5.81. The molecule has 5 nitrogen and oxygen atoms in total. The molecule has 4 heterocycles. The van der Waals surface area contributed by atoms with E-state index in [1.165, 1.54) is 5.56 Å². The van der Waals surface area contributed by atoms with Gasteiger partial charge in [-0.05, 0) is 47.6 Å². The zero-order chi connectivity index (χ0) is 20.1. The zero-order valence-electron chi connectivity index (χ0n) is 16.9. The van der Waals surface area contributed by atoms with Crippen LogP contribution >= 0.6 is 0 Å². The molecule has 1 fully saturated rings. The molecule has 2 aliphatic rings. The van der Waals surface area contributed by atoms with E-state index < -0.39 is 0 Å². The molecule has 2 aliphatic heterocycles. The van der Waals surface area contributed by atoms with Gasteiger partial charge >= 0.3 is 5.63 Å².